The van der Waals surface area contributed by atoms with Gasteiger partial charge in [-0.2, -0.15) is 0 Å². The zero-order valence-corrected chi connectivity index (χ0v) is 16.6. The standard InChI is InChI=1S/C20H27NO4S/c1-5-24-17-10-12-19(13-11-17)26(22,23)21-14-15-25-18-8-6-16(7-9-18)20(2,3)4/h6-13,21H,5,14-15H2,1-4H3. The zero-order chi connectivity index (χ0) is 19.2. The van der Waals surface area contributed by atoms with Gasteiger partial charge in [0.05, 0.1) is 11.5 Å². The van der Waals surface area contributed by atoms with Gasteiger partial charge in [0.2, 0.25) is 10.0 Å². The first-order valence-electron chi connectivity index (χ1n) is 8.68. The van der Waals surface area contributed by atoms with Gasteiger partial charge in [-0.25, -0.2) is 13.1 Å². The predicted molar refractivity (Wildman–Crippen MR) is 103 cm³/mol. The molecule has 2 aromatic carbocycles. The lowest BCUT2D eigenvalue weighted by atomic mass is 9.87. The van der Waals surface area contributed by atoms with E-state index in [1.54, 1.807) is 12.1 Å². The lowest BCUT2D eigenvalue weighted by molar-refractivity contribution is 0.322. The molecule has 1 N–H and O–H groups in total. The van der Waals surface area contributed by atoms with E-state index in [9.17, 15) is 8.42 Å². The number of rotatable bonds is 8. The van der Waals surface area contributed by atoms with Crippen molar-refractivity contribution in [2.75, 3.05) is 19.8 Å². The van der Waals surface area contributed by atoms with Gasteiger partial charge in [-0.3, -0.25) is 0 Å². The number of hydrogen-bond donors (Lipinski definition) is 1. The number of benzene rings is 2. The molecule has 0 heterocycles. The van der Waals surface area contributed by atoms with E-state index in [4.69, 9.17) is 9.47 Å². The monoisotopic (exact) mass is 377 g/mol. The predicted octanol–water partition coefficient (Wildman–Crippen LogP) is 3.74. The Bertz CT molecular complexity index is 791. The summed E-state index contributed by atoms with van der Waals surface area (Å²) in [6.07, 6.45) is 0. The Kier molecular flexibility index (Phi) is 6.67. The molecule has 0 saturated carbocycles. The Morgan fingerprint density at radius 3 is 1.96 bits per heavy atom. The molecule has 5 nitrogen and oxygen atoms in total. The van der Waals surface area contributed by atoms with Gasteiger partial charge in [0.1, 0.15) is 18.1 Å². The highest BCUT2D eigenvalue weighted by Crippen LogP contribution is 2.24. The van der Waals surface area contributed by atoms with E-state index in [1.165, 1.54) is 17.7 Å². The van der Waals surface area contributed by atoms with E-state index < -0.39 is 10.0 Å². The Labute approximate surface area is 156 Å². The number of sulfonamides is 1. The van der Waals surface area contributed by atoms with Gasteiger partial charge >= 0.3 is 0 Å². The number of nitrogens with one attached hydrogen (secondary N) is 1. The Morgan fingerprint density at radius 1 is 0.885 bits per heavy atom. The summed E-state index contributed by atoms with van der Waals surface area (Å²) in [4.78, 5) is 0.204. The second-order valence-electron chi connectivity index (χ2n) is 6.93. The maximum Gasteiger partial charge on any atom is 0.240 e. The summed E-state index contributed by atoms with van der Waals surface area (Å²) in [5.74, 6) is 1.37. The molecule has 0 bridgehead atoms. The summed E-state index contributed by atoms with van der Waals surface area (Å²) < 4.78 is 38.0. The summed E-state index contributed by atoms with van der Waals surface area (Å²) in [7, 11) is -3.56. The second kappa shape index (κ2) is 8.56. The van der Waals surface area contributed by atoms with Gasteiger partial charge in [0.15, 0.2) is 0 Å². The molecule has 0 aromatic heterocycles. The Hall–Kier alpha value is -2.05. The molecule has 0 aliphatic heterocycles. The fourth-order valence-corrected chi connectivity index (χ4v) is 3.37. The average Bonchev–Trinajstić information content (AvgIpc) is 2.59. The van der Waals surface area contributed by atoms with Gasteiger partial charge in [-0.05, 0) is 54.3 Å². The largest absolute Gasteiger partial charge is 0.494 e. The van der Waals surface area contributed by atoms with Crippen molar-refractivity contribution in [3.05, 3.63) is 54.1 Å². The highest BCUT2D eigenvalue weighted by Gasteiger charge is 2.14. The molecule has 2 aromatic rings. The minimum atomic E-state index is -3.56. The molecule has 2 rings (SSSR count). The van der Waals surface area contributed by atoms with E-state index in [0.717, 1.165) is 5.75 Å². The number of hydrogen-bond acceptors (Lipinski definition) is 4. The minimum Gasteiger partial charge on any atom is -0.494 e. The van der Waals surface area contributed by atoms with Crippen LogP contribution in [0.4, 0.5) is 0 Å². The Morgan fingerprint density at radius 2 is 1.42 bits per heavy atom. The van der Waals surface area contributed by atoms with Gasteiger partial charge in [-0.1, -0.05) is 32.9 Å². The van der Waals surface area contributed by atoms with E-state index in [1.807, 2.05) is 31.2 Å². The molecule has 0 amide bonds. The minimum absolute atomic E-state index is 0.0892. The topological polar surface area (TPSA) is 64.6 Å². The van der Waals surface area contributed by atoms with Crippen LogP contribution in [-0.4, -0.2) is 28.2 Å². The van der Waals surface area contributed by atoms with E-state index in [-0.39, 0.29) is 23.5 Å². The lowest BCUT2D eigenvalue weighted by Crippen LogP contribution is -2.28. The van der Waals surface area contributed by atoms with Crippen LogP contribution < -0.4 is 14.2 Å². The molecule has 6 heteroatoms. The fraction of sp³-hybridized carbons (Fsp3) is 0.400. The SMILES string of the molecule is CCOc1ccc(S(=O)(=O)NCCOc2ccc(C(C)(C)C)cc2)cc1. The Balaban J connectivity index is 1.84. The smallest absolute Gasteiger partial charge is 0.240 e. The number of ether oxygens (including phenoxy) is 2. The molecule has 0 fully saturated rings. The highest BCUT2D eigenvalue weighted by molar-refractivity contribution is 7.89. The van der Waals surface area contributed by atoms with Crippen molar-refractivity contribution in [3.63, 3.8) is 0 Å². The van der Waals surface area contributed by atoms with E-state index >= 15 is 0 Å². The van der Waals surface area contributed by atoms with Gasteiger partial charge in [-0.15, -0.1) is 0 Å². The normalized spacial score (nSPS) is 12.0. The first-order chi connectivity index (χ1) is 12.2. The molecule has 0 spiro atoms. The fourth-order valence-electron chi connectivity index (χ4n) is 2.36. The highest BCUT2D eigenvalue weighted by atomic mass is 32.2. The molecule has 0 saturated heterocycles. The quantitative estimate of drug-likeness (QED) is 0.712. The molecular formula is C20H27NO4S. The zero-order valence-electron chi connectivity index (χ0n) is 15.8. The van der Waals surface area contributed by atoms with Crippen molar-refractivity contribution < 1.29 is 17.9 Å². The van der Waals surface area contributed by atoms with Crippen LogP contribution in [0.15, 0.2) is 53.4 Å². The molecule has 0 atom stereocenters. The third-order valence-corrected chi connectivity index (χ3v) is 5.31. The van der Waals surface area contributed by atoms with Crippen molar-refractivity contribution in [2.24, 2.45) is 0 Å². The van der Waals surface area contributed by atoms with Crippen molar-refractivity contribution in [2.45, 2.75) is 38.0 Å². The van der Waals surface area contributed by atoms with Gasteiger partial charge < -0.3 is 9.47 Å². The summed E-state index contributed by atoms with van der Waals surface area (Å²) in [6, 6.07) is 14.2. The van der Waals surface area contributed by atoms with Crippen LogP contribution in [0.25, 0.3) is 0 Å². The molecule has 0 aliphatic rings. The van der Waals surface area contributed by atoms with Crippen LogP contribution >= 0.6 is 0 Å². The first-order valence-corrected chi connectivity index (χ1v) is 10.2. The van der Waals surface area contributed by atoms with E-state index in [2.05, 4.69) is 25.5 Å². The van der Waals surface area contributed by atoms with Crippen molar-refractivity contribution >= 4 is 10.0 Å². The maximum absolute atomic E-state index is 12.3. The summed E-state index contributed by atoms with van der Waals surface area (Å²) in [6.45, 7) is 9.32. The molecule has 0 radical (unpaired) electrons. The van der Waals surface area contributed by atoms with Crippen LogP contribution in [0.1, 0.15) is 33.3 Å². The lowest BCUT2D eigenvalue weighted by Gasteiger charge is -2.19. The second-order valence-corrected chi connectivity index (χ2v) is 8.69. The third-order valence-electron chi connectivity index (χ3n) is 3.83. The third kappa shape index (κ3) is 5.75. The molecule has 26 heavy (non-hydrogen) atoms. The van der Waals surface area contributed by atoms with Crippen LogP contribution in [0.5, 0.6) is 11.5 Å². The van der Waals surface area contributed by atoms with Crippen LogP contribution in [0.2, 0.25) is 0 Å². The van der Waals surface area contributed by atoms with Gasteiger partial charge in [0, 0.05) is 6.54 Å². The average molecular weight is 378 g/mol. The van der Waals surface area contributed by atoms with Crippen molar-refractivity contribution in [1.29, 1.82) is 0 Å². The van der Waals surface area contributed by atoms with Crippen molar-refractivity contribution in [3.8, 4) is 11.5 Å². The molecular weight excluding hydrogens is 350 g/mol. The van der Waals surface area contributed by atoms with Crippen molar-refractivity contribution in [1.82, 2.24) is 4.72 Å². The summed E-state index contributed by atoms with van der Waals surface area (Å²) >= 11 is 0. The van der Waals surface area contributed by atoms with E-state index in [0.29, 0.717) is 12.4 Å². The first kappa shape index (κ1) is 20.3. The van der Waals surface area contributed by atoms with Crippen LogP contribution in [0.3, 0.4) is 0 Å². The maximum atomic E-state index is 12.3. The molecule has 142 valence electrons. The van der Waals surface area contributed by atoms with Crippen LogP contribution in [0, 0.1) is 0 Å². The summed E-state index contributed by atoms with van der Waals surface area (Å²) in [5.41, 5.74) is 1.31. The van der Waals surface area contributed by atoms with Crippen LogP contribution in [-0.2, 0) is 15.4 Å². The van der Waals surface area contributed by atoms with Gasteiger partial charge in [0.25, 0.3) is 0 Å². The molecule has 0 unspecified atom stereocenters. The summed E-state index contributed by atoms with van der Waals surface area (Å²) in [5, 5.41) is 0. The molecule has 0 aliphatic carbocycles.